The molecule has 7 nitrogen and oxygen atoms in total. The van der Waals surface area contributed by atoms with E-state index in [0.29, 0.717) is 17.3 Å². The van der Waals surface area contributed by atoms with E-state index >= 15 is 0 Å². The van der Waals surface area contributed by atoms with Crippen molar-refractivity contribution in [2.75, 3.05) is 17.4 Å². The second-order valence-corrected chi connectivity index (χ2v) is 11.6. The largest absolute Gasteiger partial charge is 0.355 e. The zero-order valence-corrected chi connectivity index (χ0v) is 23.6. The van der Waals surface area contributed by atoms with E-state index in [1.54, 1.807) is 80.6 Å². The smallest absolute Gasteiger partial charge is 0.264 e. The van der Waals surface area contributed by atoms with Gasteiger partial charge in [-0.1, -0.05) is 41.9 Å². The Labute approximate surface area is 230 Å². The molecule has 0 bridgehead atoms. The first-order chi connectivity index (χ1) is 17.1. The summed E-state index contributed by atoms with van der Waals surface area (Å²) < 4.78 is 29.3. The Morgan fingerprint density at radius 1 is 1.00 bits per heavy atom. The topological polar surface area (TPSA) is 86.8 Å². The monoisotopic (exact) mass is 639 g/mol. The van der Waals surface area contributed by atoms with Gasteiger partial charge in [0.1, 0.15) is 12.6 Å². The third kappa shape index (κ3) is 6.98. The van der Waals surface area contributed by atoms with E-state index in [0.717, 1.165) is 13.4 Å². The normalized spacial score (nSPS) is 12.0. The van der Waals surface area contributed by atoms with Crippen LogP contribution in [0.15, 0.2) is 83.8 Å². The van der Waals surface area contributed by atoms with Crippen LogP contribution in [0.4, 0.5) is 5.69 Å². The van der Waals surface area contributed by atoms with Crippen LogP contribution in [-0.2, 0) is 26.2 Å². The molecule has 0 fully saturated rings. The molecular weight excluding hydrogens is 613 g/mol. The molecule has 0 aliphatic rings. The number of benzene rings is 3. The number of nitrogens with one attached hydrogen (secondary N) is 1. The fourth-order valence-corrected chi connectivity index (χ4v) is 5.60. The van der Waals surface area contributed by atoms with Crippen molar-refractivity contribution < 1.29 is 18.0 Å². The lowest BCUT2D eigenvalue weighted by Gasteiger charge is -2.32. The highest BCUT2D eigenvalue weighted by molar-refractivity contribution is 14.1. The van der Waals surface area contributed by atoms with Gasteiger partial charge in [0.25, 0.3) is 10.0 Å². The molecular formula is C26H27ClIN3O4S. The predicted molar refractivity (Wildman–Crippen MR) is 150 cm³/mol. The number of nitrogens with zero attached hydrogens (tertiary/aromatic N) is 2. The van der Waals surface area contributed by atoms with Crippen LogP contribution in [0.2, 0.25) is 5.02 Å². The van der Waals surface area contributed by atoms with Crippen LogP contribution >= 0.6 is 34.2 Å². The minimum Gasteiger partial charge on any atom is -0.355 e. The Morgan fingerprint density at radius 2 is 1.67 bits per heavy atom. The van der Waals surface area contributed by atoms with Gasteiger partial charge in [-0.05, 0) is 90.5 Å². The lowest BCUT2D eigenvalue weighted by molar-refractivity contribution is -0.139. The summed E-state index contributed by atoms with van der Waals surface area (Å²) in [5.41, 5.74) is 1.07. The molecule has 0 aromatic heterocycles. The van der Waals surface area contributed by atoms with Crippen LogP contribution in [0.3, 0.4) is 0 Å². The molecule has 2 amide bonds. The maximum Gasteiger partial charge on any atom is 0.264 e. The van der Waals surface area contributed by atoms with Crippen molar-refractivity contribution in [1.29, 1.82) is 0 Å². The third-order valence-electron chi connectivity index (χ3n) is 5.48. The summed E-state index contributed by atoms with van der Waals surface area (Å²) in [4.78, 5) is 27.8. The number of hydrogen-bond acceptors (Lipinski definition) is 4. The average molecular weight is 640 g/mol. The van der Waals surface area contributed by atoms with Crippen molar-refractivity contribution >= 4 is 61.7 Å². The number of carbonyl (C=O) groups excluding carboxylic acids is 2. The average Bonchev–Trinajstić information content (AvgIpc) is 2.86. The molecule has 190 valence electrons. The van der Waals surface area contributed by atoms with E-state index < -0.39 is 28.5 Å². The molecule has 3 rings (SSSR count). The molecule has 0 unspecified atom stereocenters. The van der Waals surface area contributed by atoms with E-state index in [1.165, 1.54) is 17.0 Å². The van der Waals surface area contributed by atoms with E-state index in [2.05, 4.69) is 27.9 Å². The van der Waals surface area contributed by atoms with E-state index in [4.69, 9.17) is 11.6 Å². The van der Waals surface area contributed by atoms with Gasteiger partial charge in [0, 0.05) is 21.7 Å². The molecule has 36 heavy (non-hydrogen) atoms. The number of amides is 2. The van der Waals surface area contributed by atoms with Crippen LogP contribution in [0.5, 0.6) is 0 Å². The molecule has 0 saturated heterocycles. The highest BCUT2D eigenvalue weighted by Crippen LogP contribution is 2.25. The second kappa shape index (κ2) is 12.6. The van der Waals surface area contributed by atoms with E-state index in [-0.39, 0.29) is 17.3 Å². The molecule has 1 N–H and O–H groups in total. The fraction of sp³-hybridized carbons (Fsp3) is 0.231. The van der Waals surface area contributed by atoms with Gasteiger partial charge in [0.15, 0.2) is 0 Å². The summed E-state index contributed by atoms with van der Waals surface area (Å²) >= 11 is 8.26. The van der Waals surface area contributed by atoms with Gasteiger partial charge in [-0.3, -0.25) is 13.9 Å². The van der Waals surface area contributed by atoms with Crippen LogP contribution in [0, 0.1) is 3.57 Å². The van der Waals surface area contributed by atoms with Crippen LogP contribution in [0.25, 0.3) is 0 Å². The summed E-state index contributed by atoms with van der Waals surface area (Å²) in [7, 11) is -4.07. The maximum absolute atomic E-state index is 13.7. The summed E-state index contributed by atoms with van der Waals surface area (Å²) in [5.74, 6) is -0.855. The molecule has 0 aliphatic carbocycles. The zero-order chi connectivity index (χ0) is 26.3. The molecule has 3 aromatic carbocycles. The number of carbonyl (C=O) groups is 2. The van der Waals surface area contributed by atoms with Crippen molar-refractivity contribution in [3.8, 4) is 0 Å². The van der Waals surface area contributed by atoms with Gasteiger partial charge < -0.3 is 10.2 Å². The third-order valence-corrected chi connectivity index (χ3v) is 8.23. The van der Waals surface area contributed by atoms with Gasteiger partial charge >= 0.3 is 0 Å². The fourth-order valence-electron chi connectivity index (χ4n) is 3.59. The van der Waals surface area contributed by atoms with Crippen molar-refractivity contribution in [2.24, 2.45) is 0 Å². The van der Waals surface area contributed by atoms with Crippen LogP contribution < -0.4 is 9.62 Å². The summed E-state index contributed by atoms with van der Waals surface area (Å²) in [5, 5.41) is 3.23. The first-order valence-corrected chi connectivity index (χ1v) is 14.2. The van der Waals surface area contributed by atoms with Gasteiger partial charge in [-0.25, -0.2) is 8.42 Å². The standard InChI is InChI=1S/C26H27ClIN3O4S/c1-3-29-26(33)19(2)30(17-20-8-7-9-21(27)16-20)25(32)18-31(23-14-12-22(28)13-15-23)36(34,35)24-10-5-4-6-11-24/h4-16,19H,3,17-18H2,1-2H3,(H,29,33)/t19-/m1/s1. The Balaban J connectivity index is 2.01. The molecule has 0 radical (unpaired) electrons. The lowest BCUT2D eigenvalue weighted by atomic mass is 10.1. The quantitative estimate of drug-likeness (QED) is 0.326. The Hall–Kier alpha value is -2.63. The first kappa shape index (κ1) is 27.9. The number of halogens is 2. The molecule has 1 atom stereocenters. The van der Waals surface area contributed by atoms with Crippen molar-refractivity contribution in [1.82, 2.24) is 10.2 Å². The summed E-state index contributed by atoms with van der Waals surface area (Å²) in [6.45, 7) is 3.41. The Kier molecular flexibility index (Phi) is 9.75. The predicted octanol–water partition coefficient (Wildman–Crippen LogP) is 4.69. The van der Waals surface area contributed by atoms with Crippen LogP contribution in [-0.4, -0.2) is 44.3 Å². The molecule has 0 spiro atoms. The highest BCUT2D eigenvalue weighted by Gasteiger charge is 2.32. The second-order valence-electron chi connectivity index (χ2n) is 8.02. The SMILES string of the molecule is CCNC(=O)[C@@H](C)N(Cc1cccc(Cl)c1)C(=O)CN(c1ccc(I)cc1)S(=O)(=O)c1ccccc1. The number of rotatable bonds is 10. The number of likely N-dealkylation sites (N-methyl/N-ethyl adjacent to an activating group) is 1. The highest BCUT2D eigenvalue weighted by atomic mass is 127. The lowest BCUT2D eigenvalue weighted by Crippen LogP contribution is -2.51. The van der Waals surface area contributed by atoms with Gasteiger partial charge in [0.05, 0.1) is 10.6 Å². The van der Waals surface area contributed by atoms with E-state index in [9.17, 15) is 18.0 Å². The summed E-state index contributed by atoms with van der Waals surface area (Å²) in [6.07, 6.45) is 0. The van der Waals surface area contributed by atoms with Gasteiger partial charge in [0.2, 0.25) is 11.8 Å². The molecule has 0 aliphatic heterocycles. The maximum atomic E-state index is 13.7. The van der Waals surface area contributed by atoms with Crippen molar-refractivity contribution in [2.45, 2.75) is 31.3 Å². The Bertz CT molecular complexity index is 1300. The van der Waals surface area contributed by atoms with Crippen molar-refractivity contribution in [3.63, 3.8) is 0 Å². The minimum absolute atomic E-state index is 0.0644. The first-order valence-electron chi connectivity index (χ1n) is 11.3. The van der Waals surface area contributed by atoms with Gasteiger partial charge in [-0.2, -0.15) is 0 Å². The summed E-state index contributed by atoms with van der Waals surface area (Å²) in [6, 6.07) is 21.0. The van der Waals surface area contributed by atoms with Crippen molar-refractivity contribution in [3.05, 3.63) is 93.0 Å². The van der Waals surface area contributed by atoms with Gasteiger partial charge in [-0.15, -0.1) is 0 Å². The number of hydrogen-bond donors (Lipinski definition) is 1. The molecule has 0 saturated carbocycles. The van der Waals surface area contributed by atoms with Crippen LogP contribution in [0.1, 0.15) is 19.4 Å². The zero-order valence-electron chi connectivity index (χ0n) is 19.9. The molecule has 3 aromatic rings. The number of sulfonamides is 1. The minimum atomic E-state index is -4.07. The number of anilines is 1. The molecule has 0 heterocycles. The van der Waals surface area contributed by atoms with E-state index in [1.807, 2.05) is 0 Å². The Morgan fingerprint density at radius 3 is 2.28 bits per heavy atom. The molecule has 10 heteroatoms.